The van der Waals surface area contributed by atoms with Crippen LogP contribution in [0.5, 0.6) is 0 Å². The predicted molar refractivity (Wildman–Crippen MR) is 72.9 cm³/mol. The Morgan fingerprint density at radius 2 is 1.73 bits per heavy atom. The molecule has 1 rings (SSSR count). The minimum absolute atomic E-state index is 0.554. The summed E-state index contributed by atoms with van der Waals surface area (Å²) in [7, 11) is 0. The topological polar surface area (TPSA) is 0 Å². The Morgan fingerprint density at radius 1 is 1.20 bits per heavy atom. The van der Waals surface area contributed by atoms with Crippen molar-refractivity contribution in [2.45, 2.75) is 17.6 Å². The molecule has 0 aliphatic heterocycles. The van der Waals surface area contributed by atoms with Gasteiger partial charge in [-0.25, -0.2) is 0 Å². The molecular weight excluding hydrogens is 294 g/mol. The average molecular weight is 302 g/mol. The second kappa shape index (κ2) is 4.77. The smallest absolute Gasteiger partial charge is 0.0881 e. The van der Waals surface area contributed by atoms with E-state index in [4.69, 9.17) is 58.6 Å². The van der Waals surface area contributed by atoms with Gasteiger partial charge in [-0.1, -0.05) is 58.6 Å². The maximum Gasteiger partial charge on any atom is 0.216 e. The van der Waals surface area contributed by atoms with E-state index < -0.39 is 3.79 Å². The molecule has 0 N–H and O–H groups in total. The number of rotatable bonds is 1. The van der Waals surface area contributed by atoms with Gasteiger partial charge in [0.15, 0.2) is 0 Å². The zero-order valence-corrected chi connectivity index (χ0v) is 11.9. The summed E-state index contributed by atoms with van der Waals surface area (Å²) in [4.78, 5) is 0. The fraction of sp³-hybridized carbons (Fsp3) is 0.300. The highest BCUT2D eigenvalue weighted by atomic mass is 35.6. The van der Waals surface area contributed by atoms with Gasteiger partial charge in [-0.05, 0) is 36.6 Å². The third-order valence-electron chi connectivity index (χ3n) is 2.26. The fourth-order valence-corrected chi connectivity index (χ4v) is 2.52. The van der Waals surface area contributed by atoms with Crippen molar-refractivity contribution in [1.82, 2.24) is 0 Å². The van der Waals surface area contributed by atoms with Crippen molar-refractivity contribution in [3.8, 4) is 0 Å². The molecule has 5 heteroatoms. The van der Waals surface area contributed by atoms with Crippen LogP contribution in [0.3, 0.4) is 0 Å². The number of thiocarbonyl (C=S) groups is 1. The quantitative estimate of drug-likeness (QED) is 0.512. The van der Waals surface area contributed by atoms with Gasteiger partial charge >= 0.3 is 0 Å². The van der Waals surface area contributed by atoms with Crippen LogP contribution in [0, 0.1) is 13.8 Å². The standard InChI is InChI=1S/C10H8Cl4S/c1-5-7(4-15)6(2)9(11)3-8(5)10(12,13)14/h3-4H,1-2H3. The first-order valence-corrected chi connectivity index (χ1v) is 6.09. The molecule has 82 valence electrons. The molecule has 0 saturated heterocycles. The molecule has 0 atom stereocenters. The molecule has 0 aromatic heterocycles. The van der Waals surface area contributed by atoms with Gasteiger partial charge in [-0.3, -0.25) is 0 Å². The molecule has 0 unspecified atom stereocenters. The lowest BCUT2D eigenvalue weighted by molar-refractivity contribution is 1.17. The second-order valence-corrected chi connectivity index (χ2v) is 6.11. The molecule has 0 heterocycles. The number of benzene rings is 1. The summed E-state index contributed by atoms with van der Waals surface area (Å²) >= 11 is 28.5. The minimum atomic E-state index is -1.48. The number of hydrogen-bond donors (Lipinski definition) is 0. The Labute approximate surface area is 114 Å². The zero-order valence-electron chi connectivity index (χ0n) is 8.07. The van der Waals surface area contributed by atoms with Gasteiger partial charge in [0.05, 0.1) is 0 Å². The lowest BCUT2D eigenvalue weighted by atomic mass is 9.99. The van der Waals surface area contributed by atoms with Crippen LogP contribution in [0.25, 0.3) is 0 Å². The molecule has 0 radical (unpaired) electrons. The Hall–Kier alpha value is 0.470. The Balaban J connectivity index is 3.58. The van der Waals surface area contributed by atoms with E-state index in [1.165, 1.54) is 0 Å². The SMILES string of the molecule is Cc1c(Cl)cc(C(Cl)(Cl)Cl)c(C)c1C=S. The summed E-state index contributed by atoms with van der Waals surface area (Å²) in [6, 6.07) is 1.67. The van der Waals surface area contributed by atoms with Crippen molar-refractivity contribution in [3.63, 3.8) is 0 Å². The van der Waals surface area contributed by atoms with Crippen LogP contribution < -0.4 is 0 Å². The Morgan fingerprint density at radius 3 is 2.13 bits per heavy atom. The fourth-order valence-electron chi connectivity index (χ4n) is 1.37. The van der Waals surface area contributed by atoms with Gasteiger partial charge < -0.3 is 0 Å². The first kappa shape index (κ1) is 13.5. The van der Waals surface area contributed by atoms with Gasteiger partial charge in [0.25, 0.3) is 0 Å². The van der Waals surface area contributed by atoms with E-state index in [-0.39, 0.29) is 0 Å². The third-order valence-corrected chi connectivity index (χ3v) is 3.50. The van der Waals surface area contributed by atoms with E-state index in [0.717, 1.165) is 16.7 Å². The van der Waals surface area contributed by atoms with Crippen LogP contribution >= 0.6 is 58.6 Å². The molecule has 0 spiro atoms. The summed E-state index contributed by atoms with van der Waals surface area (Å²) in [5, 5.41) is 2.11. The molecule has 0 amide bonds. The number of alkyl halides is 3. The molecule has 1 aromatic rings. The van der Waals surface area contributed by atoms with Crippen LogP contribution in [0.15, 0.2) is 6.07 Å². The molecule has 15 heavy (non-hydrogen) atoms. The van der Waals surface area contributed by atoms with Crippen molar-refractivity contribution in [1.29, 1.82) is 0 Å². The molecule has 0 nitrogen and oxygen atoms in total. The highest BCUT2D eigenvalue weighted by Gasteiger charge is 2.27. The highest BCUT2D eigenvalue weighted by molar-refractivity contribution is 7.79. The van der Waals surface area contributed by atoms with E-state index in [0.29, 0.717) is 10.6 Å². The van der Waals surface area contributed by atoms with Gasteiger partial charge in [-0.2, -0.15) is 0 Å². The van der Waals surface area contributed by atoms with Crippen LogP contribution in [0.4, 0.5) is 0 Å². The summed E-state index contributed by atoms with van der Waals surface area (Å²) in [6.07, 6.45) is 0. The zero-order chi connectivity index (χ0) is 11.8. The van der Waals surface area contributed by atoms with E-state index in [1.807, 2.05) is 13.8 Å². The van der Waals surface area contributed by atoms with Gasteiger partial charge in [0.1, 0.15) is 0 Å². The average Bonchev–Trinajstić information content (AvgIpc) is 2.10. The van der Waals surface area contributed by atoms with Crippen LogP contribution in [-0.4, -0.2) is 5.37 Å². The van der Waals surface area contributed by atoms with Crippen molar-refractivity contribution >= 4 is 64.0 Å². The molecular formula is C10H8Cl4S. The number of halogens is 4. The van der Waals surface area contributed by atoms with Crippen molar-refractivity contribution in [2.24, 2.45) is 0 Å². The molecule has 0 fully saturated rings. The summed E-state index contributed by atoms with van der Waals surface area (Å²) < 4.78 is -1.48. The van der Waals surface area contributed by atoms with Gasteiger partial charge in [0.2, 0.25) is 3.79 Å². The first-order valence-electron chi connectivity index (χ1n) is 4.11. The van der Waals surface area contributed by atoms with E-state index >= 15 is 0 Å². The lowest BCUT2D eigenvalue weighted by Crippen LogP contribution is -2.07. The van der Waals surface area contributed by atoms with Crippen molar-refractivity contribution in [3.05, 3.63) is 33.3 Å². The van der Waals surface area contributed by atoms with E-state index in [9.17, 15) is 0 Å². The summed E-state index contributed by atoms with van der Waals surface area (Å²) in [5.41, 5.74) is 3.17. The van der Waals surface area contributed by atoms with Crippen molar-refractivity contribution in [2.75, 3.05) is 0 Å². The largest absolute Gasteiger partial charge is 0.216 e. The maximum atomic E-state index is 6.03. The van der Waals surface area contributed by atoms with Crippen LogP contribution in [-0.2, 0) is 3.79 Å². The Bertz CT molecular complexity index is 407. The molecule has 0 saturated carbocycles. The molecule has 1 aromatic carbocycles. The molecule has 0 aliphatic rings. The minimum Gasteiger partial charge on any atom is -0.0881 e. The Kier molecular flexibility index (Phi) is 4.30. The van der Waals surface area contributed by atoms with E-state index in [2.05, 4.69) is 0 Å². The maximum absolute atomic E-state index is 6.03. The van der Waals surface area contributed by atoms with Crippen molar-refractivity contribution < 1.29 is 0 Å². The summed E-state index contributed by atoms with van der Waals surface area (Å²) in [6.45, 7) is 3.74. The monoisotopic (exact) mass is 300 g/mol. The first-order chi connectivity index (χ1) is 6.79. The normalized spacial score (nSPS) is 11.6. The molecule has 0 bridgehead atoms. The molecule has 0 aliphatic carbocycles. The van der Waals surface area contributed by atoms with Gasteiger partial charge in [0, 0.05) is 16.0 Å². The number of hydrogen-bond acceptors (Lipinski definition) is 1. The third kappa shape index (κ3) is 2.78. The lowest BCUT2D eigenvalue weighted by Gasteiger charge is -2.18. The summed E-state index contributed by atoms with van der Waals surface area (Å²) in [5.74, 6) is 0. The van der Waals surface area contributed by atoms with E-state index in [1.54, 1.807) is 11.4 Å². The van der Waals surface area contributed by atoms with Crippen LogP contribution in [0.2, 0.25) is 5.02 Å². The predicted octanol–water partition coefficient (Wildman–Crippen LogP) is 5.13. The second-order valence-electron chi connectivity index (χ2n) is 3.19. The van der Waals surface area contributed by atoms with Gasteiger partial charge in [-0.15, -0.1) is 0 Å². The van der Waals surface area contributed by atoms with Crippen LogP contribution in [0.1, 0.15) is 22.3 Å². The highest BCUT2D eigenvalue weighted by Crippen LogP contribution is 2.42.